The number of aryl methyl sites for hydroxylation is 1. The summed E-state index contributed by atoms with van der Waals surface area (Å²) in [5, 5.41) is 3.05. The molecule has 0 atom stereocenters. The quantitative estimate of drug-likeness (QED) is 0.232. The van der Waals surface area contributed by atoms with Crippen LogP contribution in [0.1, 0.15) is 16.7 Å². The molecule has 0 saturated carbocycles. The molecule has 1 rings (SSSR count). The van der Waals surface area contributed by atoms with Gasteiger partial charge in [0.15, 0.2) is 0 Å². The van der Waals surface area contributed by atoms with Gasteiger partial charge in [-0.05, 0) is 18.6 Å². The van der Waals surface area contributed by atoms with Crippen LogP contribution in [-0.4, -0.2) is 26.2 Å². The van der Waals surface area contributed by atoms with Crippen molar-refractivity contribution in [2.24, 2.45) is 10.8 Å². The Morgan fingerprint density at radius 1 is 1.47 bits per heavy atom. The fourth-order valence-electron chi connectivity index (χ4n) is 1.28. The average molecular weight is 256 g/mol. The number of hydrogen-bond donors (Lipinski definition) is 3. The van der Waals surface area contributed by atoms with Crippen LogP contribution in [0.25, 0.3) is 0 Å². The highest BCUT2D eigenvalue weighted by Gasteiger charge is 1.99. The van der Waals surface area contributed by atoms with Crippen molar-refractivity contribution < 1.29 is 4.74 Å². The van der Waals surface area contributed by atoms with Crippen molar-refractivity contribution in [1.82, 2.24) is 10.7 Å². The van der Waals surface area contributed by atoms with Crippen LogP contribution in [0, 0.1) is 0 Å². The van der Waals surface area contributed by atoms with Gasteiger partial charge in [0, 0.05) is 23.4 Å². The van der Waals surface area contributed by atoms with E-state index < -0.39 is 0 Å². The van der Waals surface area contributed by atoms with Crippen molar-refractivity contribution in [3.8, 4) is 0 Å². The Labute approximate surface area is 106 Å². The minimum Gasteiger partial charge on any atom is -0.383 e. The summed E-state index contributed by atoms with van der Waals surface area (Å²) in [6.45, 7) is 4.10. The summed E-state index contributed by atoms with van der Waals surface area (Å²) in [6, 6.07) is 4.25. The van der Waals surface area contributed by atoms with E-state index in [1.807, 2.05) is 0 Å². The molecular weight excluding hydrogens is 236 g/mol. The highest BCUT2D eigenvalue weighted by Crippen LogP contribution is 2.17. The predicted molar refractivity (Wildman–Crippen MR) is 72.0 cm³/mol. The Kier molecular flexibility index (Phi) is 6.61. The smallest absolute Gasteiger partial charge is 0.206 e. The maximum atomic E-state index is 5.37. The fourth-order valence-corrected chi connectivity index (χ4v) is 2.16. The minimum absolute atomic E-state index is 0.591. The van der Waals surface area contributed by atoms with Crippen molar-refractivity contribution in [3.05, 3.63) is 21.9 Å². The monoisotopic (exact) mass is 256 g/mol. The molecule has 0 saturated heterocycles. The number of nitrogens with zero attached hydrogens (tertiary/aromatic N) is 1. The topological polar surface area (TPSA) is 71.7 Å². The number of hydrogen-bond acceptors (Lipinski definition) is 4. The third kappa shape index (κ3) is 5.16. The van der Waals surface area contributed by atoms with Crippen LogP contribution in [0.15, 0.2) is 17.1 Å². The fraction of sp³-hybridized carbons (Fsp3) is 0.545. The van der Waals surface area contributed by atoms with E-state index >= 15 is 0 Å². The Hall–Kier alpha value is -1.11. The number of hydrazine groups is 1. The molecule has 1 aromatic rings. The Morgan fingerprint density at radius 2 is 2.24 bits per heavy atom. The highest BCUT2D eigenvalue weighted by molar-refractivity contribution is 7.11. The maximum Gasteiger partial charge on any atom is 0.206 e. The number of methoxy groups -OCH3 is 1. The summed E-state index contributed by atoms with van der Waals surface area (Å²) in [4.78, 5) is 6.97. The Balaban J connectivity index is 2.43. The third-order valence-corrected chi connectivity index (χ3v) is 3.41. The van der Waals surface area contributed by atoms with Gasteiger partial charge in [0.05, 0.1) is 13.2 Å². The molecule has 17 heavy (non-hydrogen) atoms. The normalized spacial score (nSPS) is 11.6. The Bertz CT molecular complexity index is 351. The number of nitrogens with one attached hydrogen (secondary N) is 2. The van der Waals surface area contributed by atoms with Gasteiger partial charge in [0.2, 0.25) is 5.96 Å². The molecular formula is C11H20N4OS. The molecule has 0 aromatic carbocycles. The van der Waals surface area contributed by atoms with Gasteiger partial charge in [-0.1, -0.05) is 6.92 Å². The van der Waals surface area contributed by atoms with E-state index in [0.29, 0.717) is 25.7 Å². The number of rotatable bonds is 6. The summed E-state index contributed by atoms with van der Waals surface area (Å²) in [6.07, 6.45) is 1.07. The highest BCUT2D eigenvalue weighted by atomic mass is 32.1. The van der Waals surface area contributed by atoms with E-state index in [0.717, 1.165) is 6.42 Å². The van der Waals surface area contributed by atoms with Gasteiger partial charge in [-0.2, -0.15) is 0 Å². The number of aliphatic imine (C=N–C) groups is 1. The van der Waals surface area contributed by atoms with Crippen molar-refractivity contribution in [2.75, 3.05) is 20.3 Å². The minimum atomic E-state index is 0.591. The van der Waals surface area contributed by atoms with Gasteiger partial charge >= 0.3 is 0 Å². The third-order valence-electron chi connectivity index (χ3n) is 2.19. The van der Waals surface area contributed by atoms with Crippen molar-refractivity contribution >= 4 is 17.3 Å². The van der Waals surface area contributed by atoms with Crippen LogP contribution in [0.5, 0.6) is 0 Å². The van der Waals surface area contributed by atoms with Gasteiger partial charge < -0.3 is 10.1 Å². The van der Waals surface area contributed by atoms with Crippen LogP contribution < -0.4 is 16.6 Å². The molecule has 0 spiro atoms. The van der Waals surface area contributed by atoms with E-state index in [9.17, 15) is 0 Å². The van der Waals surface area contributed by atoms with Gasteiger partial charge in [0.25, 0.3) is 0 Å². The number of ether oxygens (including phenoxy) is 1. The first kappa shape index (κ1) is 14.0. The zero-order chi connectivity index (χ0) is 12.5. The molecule has 0 unspecified atom stereocenters. The number of guanidine groups is 1. The van der Waals surface area contributed by atoms with Crippen LogP contribution in [0.4, 0.5) is 0 Å². The molecule has 0 radical (unpaired) electrons. The zero-order valence-electron chi connectivity index (χ0n) is 10.3. The van der Waals surface area contributed by atoms with Crippen molar-refractivity contribution in [1.29, 1.82) is 0 Å². The molecule has 5 nitrogen and oxygen atoms in total. The molecule has 4 N–H and O–H groups in total. The first-order valence-corrected chi connectivity index (χ1v) is 6.43. The van der Waals surface area contributed by atoms with Gasteiger partial charge in [-0.3, -0.25) is 5.43 Å². The molecule has 1 heterocycles. The molecule has 0 aliphatic heterocycles. The van der Waals surface area contributed by atoms with E-state index in [1.165, 1.54) is 9.75 Å². The largest absolute Gasteiger partial charge is 0.383 e. The van der Waals surface area contributed by atoms with Crippen LogP contribution in [0.3, 0.4) is 0 Å². The van der Waals surface area contributed by atoms with Gasteiger partial charge in [-0.15, -0.1) is 11.3 Å². The zero-order valence-corrected chi connectivity index (χ0v) is 11.1. The molecule has 0 fully saturated rings. The van der Waals surface area contributed by atoms with Crippen LogP contribution in [0.2, 0.25) is 0 Å². The maximum absolute atomic E-state index is 5.37. The second kappa shape index (κ2) is 8.05. The Morgan fingerprint density at radius 3 is 2.82 bits per heavy atom. The van der Waals surface area contributed by atoms with E-state index in [2.05, 4.69) is 34.8 Å². The van der Waals surface area contributed by atoms with Crippen LogP contribution >= 0.6 is 11.3 Å². The summed E-state index contributed by atoms with van der Waals surface area (Å²) >= 11 is 1.79. The SMILES string of the molecule is CCc1ccc(CN=C(NN)NCCOC)s1. The first-order chi connectivity index (χ1) is 8.30. The van der Waals surface area contributed by atoms with E-state index in [4.69, 9.17) is 10.6 Å². The van der Waals surface area contributed by atoms with Crippen LogP contribution in [-0.2, 0) is 17.7 Å². The summed E-state index contributed by atoms with van der Waals surface area (Å²) in [5.74, 6) is 5.96. The molecule has 1 aromatic heterocycles. The lowest BCUT2D eigenvalue weighted by Gasteiger charge is -2.07. The van der Waals surface area contributed by atoms with Gasteiger partial charge in [0.1, 0.15) is 0 Å². The molecule has 96 valence electrons. The molecule has 0 aliphatic carbocycles. The standard InChI is InChI=1S/C11H20N4OS/c1-3-9-4-5-10(17-9)8-14-11(15-12)13-6-7-16-2/h4-5H,3,6-8,12H2,1-2H3,(H2,13,14,15). The number of nitrogens with two attached hydrogens (primary N) is 1. The molecule has 0 bridgehead atoms. The predicted octanol–water partition coefficient (Wildman–Crippen LogP) is 0.866. The average Bonchev–Trinajstić information content (AvgIpc) is 2.81. The molecule has 6 heteroatoms. The number of thiophene rings is 1. The summed E-state index contributed by atoms with van der Waals surface area (Å²) < 4.78 is 4.93. The van der Waals surface area contributed by atoms with Crippen molar-refractivity contribution in [3.63, 3.8) is 0 Å². The molecule has 0 amide bonds. The van der Waals surface area contributed by atoms with Gasteiger partial charge in [-0.25, -0.2) is 10.8 Å². The first-order valence-electron chi connectivity index (χ1n) is 5.61. The van der Waals surface area contributed by atoms with Crippen molar-refractivity contribution in [2.45, 2.75) is 19.9 Å². The summed E-state index contributed by atoms with van der Waals surface area (Å²) in [7, 11) is 1.66. The molecule has 0 aliphatic rings. The second-order valence-corrected chi connectivity index (χ2v) is 4.70. The lowest BCUT2D eigenvalue weighted by atomic mass is 10.4. The lowest BCUT2D eigenvalue weighted by Crippen LogP contribution is -2.42. The van der Waals surface area contributed by atoms with E-state index in [-0.39, 0.29) is 0 Å². The lowest BCUT2D eigenvalue weighted by molar-refractivity contribution is 0.203. The summed E-state index contributed by atoms with van der Waals surface area (Å²) in [5.41, 5.74) is 2.54. The second-order valence-electron chi connectivity index (χ2n) is 3.45. The van der Waals surface area contributed by atoms with E-state index in [1.54, 1.807) is 18.4 Å².